The molecule has 1 aromatic heterocycles. The summed E-state index contributed by atoms with van der Waals surface area (Å²) in [4.78, 5) is 4.34. The molecule has 1 unspecified atom stereocenters. The van der Waals surface area contributed by atoms with E-state index in [1.54, 1.807) is 24.4 Å². The second kappa shape index (κ2) is 6.24. The molecule has 0 fully saturated rings. The van der Waals surface area contributed by atoms with E-state index in [0.717, 1.165) is 5.69 Å². The van der Waals surface area contributed by atoms with Gasteiger partial charge in [0.05, 0.1) is 16.9 Å². The summed E-state index contributed by atoms with van der Waals surface area (Å²) >= 11 is 11.9. The van der Waals surface area contributed by atoms with Crippen LogP contribution in [0.2, 0.25) is 10.0 Å². The molecule has 5 heteroatoms. The van der Waals surface area contributed by atoms with Crippen molar-refractivity contribution >= 4 is 23.2 Å². The molecule has 100 valence electrons. The molecule has 19 heavy (non-hydrogen) atoms. The maximum atomic E-state index is 6.04. The predicted octanol–water partition coefficient (Wildman–Crippen LogP) is 4.46. The number of benzene rings is 1. The van der Waals surface area contributed by atoms with E-state index < -0.39 is 0 Å². The predicted molar refractivity (Wildman–Crippen MR) is 78.2 cm³/mol. The third-order valence-electron chi connectivity index (χ3n) is 2.76. The van der Waals surface area contributed by atoms with E-state index >= 15 is 0 Å². The molecule has 2 aromatic rings. The standard InChI is InChI=1S/C14H14Cl2N2O/c1-9(17-2)13-5-4-11(8-18-13)19-14-6-3-10(15)7-12(14)16/h3-9,17H,1-2H3. The summed E-state index contributed by atoms with van der Waals surface area (Å²) in [6, 6.07) is 9.08. The highest BCUT2D eigenvalue weighted by Crippen LogP contribution is 2.31. The van der Waals surface area contributed by atoms with Crippen molar-refractivity contribution in [1.82, 2.24) is 10.3 Å². The summed E-state index contributed by atoms with van der Waals surface area (Å²) < 4.78 is 5.66. The van der Waals surface area contributed by atoms with E-state index in [2.05, 4.69) is 10.3 Å². The van der Waals surface area contributed by atoms with Gasteiger partial charge < -0.3 is 10.1 Å². The molecule has 1 atom stereocenters. The second-order valence-corrected chi connectivity index (χ2v) is 4.95. The Hall–Kier alpha value is -1.29. The first-order valence-electron chi connectivity index (χ1n) is 5.86. The molecule has 0 radical (unpaired) electrons. The number of rotatable bonds is 4. The van der Waals surface area contributed by atoms with E-state index in [1.165, 1.54) is 0 Å². The number of ether oxygens (including phenoxy) is 1. The SMILES string of the molecule is CNC(C)c1ccc(Oc2ccc(Cl)cc2Cl)cn1. The fraction of sp³-hybridized carbons (Fsp3) is 0.214. The molecular weight excluding hydrogens is 283 g/mol. The summed E-state index contributed by atoms with van der Waals surface area (Å²) in [5, 5.41) is 4.18. The van der Waals surface area contributed by atoms with Gasteiger partial charge in [0.15, 0.2) is 0 Å². The Morgan fingerprint density at radius 1 is 1.21 bits per heavy atom. The van der Waals surface area contributed by atoms with Gasteiger partial charge in [-0.05, 0) is 44.3 Å². The first kappa shape index (κ1) is 14.1. The number of nitrogens with one attached hydrogen (secondary N) is 1. The maximum Gasteiger partial charge on any atom is 0.146 e. The highest BCUT2D eigenvalue weighted by molar-refractivity contribution is 6.35. The van der Waals surface area contributed by atoms with Crippen LogP contribution in [-0.4, -0.2) is 12.0 Å². The average Bonchev–Trinajstić information content (AvgIpc) is 2.42. The van der Waals surface area contributed by atoms with Crippen LogP contribution in [0.3, 0.4) is 0 Å². The van der Waals surface area contributed by atoms with Gasteiger partial charge in [-0.25, -0.2) is 0 Å². The van der Waals surface area contributed by atoms with Gasteiger partial charge in [0.1, 0.15) is 11.5 Å². The minimum atomic E-state index is 0.202. The number of nitrogens with zero attached hydrogens (tertiary/aromatic N) is 1. The summed E-state index contributed by atoms with van der Waals surface area (Å²) in [6.07, 6.45) is 1.67. The minimum absolute atomic E-state index is 0.202. The molecule has 2 rings (SSSR count). The van der Waals surface area contributed by atoms with Crippen molar-refractivity contribution in [2.24, 2.45) is 0 Å². The van der Waals surface area contributed by atoms with Crippen LogP contribution < -0.4 is 10.1 Å². The molecule has 1 N–H and O–H groups in total. The third kappa shape index (κ3) is 3.60. The number of hydrogen-bond donors (Lipinski definition) is 1. The van der Waals surface area contributed by atoms with Crippen LogP contribution in [0.1, 0.15) is 18.7 Å². The van der Waals surface area contributed by atoms with E-state index in [-0.39, 0.29) is 6.04 Å². The summed E-state index contributed by atoms with van der Waals surface area (Å²) in [7, 11) is 1.89. The summed E-state index contributed by atoms with van der Waals surface area (Å²) in [5.74, 6) is 1.19. The van der Waals surface area contributed by atoms with Crippen LogP contribution in [0.25, 0.3) is 0 Å². The first-order chi connectivity index (χ1) is 9.10. The van der Waals surface area contributed by atoms with Crippen molar-refractivity contribution in [3.05, 3.63) is 52.3 Å². The van der Waals surface area contributed by atoms with Crippen LogP contribution in [0.4, 0.5) is 0 Å². The lowest BCUT2D eigenvalue weighted by Gasteiger charge is -2.11. The monoisotopic (exact) mass is 296 g/mol. The molecule has 0 aliphatic heterocycles. The zero-order valence-corrected chi connectivity index (χ0v) is 12.2. The molecule has 1 heterocycles. The van der Waals surface area contributed by atoms with Crippen molar-refractivity contribution in [3.63, 3.8) is 0 Å². The Bertz CT molecular complexity index is 558. The lowest BCUT2D eigenvalue weighted by Crippen LogP contribution is -2.13. The Balaban J connectivity index is 2.15. The van der Waals surface area contributed by atoms with E-state index in [9.17, 15) is 0 Å². The van der Waals surface area contributed by atoms with Crippen LogP contribution in [0, 0.1) is 0 Å². The number of hydrogen-bond acceptors (Lipinski definition) is 3. The van der Waals surface area contributed by atoms with Gasteiger partial charge in [-0.2, -0.15) is 0 Å². The van der Waals surface area contributed by atoms with Crippen LogP contribution >= 0.6 is 23.2 Å². The molecule has 0 saturated heterocycles. The number of aromatic nitrogens is 1. The normalized spacial score (nSPS) is 12.2. The Kier molecular flexibility index (Phi) is 4.64. The molecular formula is C14H14Cl2N2O. The Labute approximate surface area is 122 Å². The molecule has 0 spiro atoms. The zero-order chi connectivity index (χ0) is 13.8. The van der Waals surface area contributed by atoms with E-state index in [0.29, 0.717) is 21.5 Å². The lowest BCUT2D eigenvalue weighted by molar-refractivity contribution is 0.479. The smallest absolute Gasteiger partial charge is 0.146 e. The van der Waals surface area contributed by atoms with Crippen molar-refractivity contribution in [3.8, 4) is 11.5 Å². The topological polar surface area (TPSA) is 34.1 Å². The highest BCUT2D eigenvalue weighted by atomic mass is 35.5. The average molecular weight is 297 g/mol. The Morgan fingerprint density at radius 2 is 2.00 bits per heavy atom. The Morgan fingerprint density at radius 3 is 2.58 bits per heavy atom. The van der Waals surface area contributed by atoms with Crippen LogP contribution in [-0.2, 0) is 0 Å². The highest BCUT2D eigenvalue weighted by Gasteiger charge is 2.06. The summed E-state index contributed by atoms with van der Waals surface area (Å²) in [6.45, 7) is 2.04. The van der Waals surface area contributed by atoms with E-state index in [4.69, 9.17) is 27.9 Å². The quantitative estimate of drug-likeness (QED) is 0.904. The van der Waals surface area contributed by atoms with Crippen LogP contribution in [0.15, 0.2) is 36.5 Å². The lowest BCUT2D eigenvalue weighted by atomic mass is 10.2. The molecule has 0 aliphatic rings. The zero-order valence-electron chi connectivity index (χ0n) is 10.7. The fourth-order valence-electron chi connectivity index (χ4n) is 1.54. The molecule has 3 nitrogen and oxygen atoms in total. The fourth-order valence-corrected chi connectivity index (χ4v) is 1.99. The second-order valence-electron chi connectivity index (χ2n) is 4.11. The van der Waals surface area contributed by atoms with E-state index in [1.807, 2.05) is 26.1 Å². The van der Waals surface area contributed by atoms with Gasteiger partial charge in [0.2, 0.25) is 0 Å². The van der Waals surface area contributed by atoms with Gasteiger partial charge in [-0.15, -0.1) is 0 Å². The largest absolute Gasteiger partial charge is 0.454 e. The molecule has 0 saturated carbocycles. The van der Waals surface area contributed by atoms with Gasteiger partial charge >= 0.3 is 0 Å². The van der Waals surface area contributed by atoms with Gasteiger partial charge in [-0.1, -0.05) is 23.2 Å². The van der Waals surface area contributed by atoms with Gasteiger partial charge in [0.25, 0.3) is 0 Å². The van der Waals surface area contributed by atoms with Crippen molar-refractivity contribution in [1.29, 1.82) is 0 Å². The maximum absolute atomic E-state index is 6.04. The summed E-state index contributed by atoms with van der Waals surface area (Å²) in [5.41, 5.74) is 0.956. The van der Waals surface area contributed by atoms with Crippen molar-refractivity contribution in [2.45, 2.75) is 13.0 Å². The minimum Gasteiger partial charge on any atom is -0.454 e. The first-order valence-corrected chi connectivity index (χ1v) is 6.62. The van der Waals surface area contributed by atoms with Crippen LogP contribution in [0.5, 0.6) is 11.5 Å². The number of pyridine rings is 1. The number of halogens is 2. The molecule has 0 bridgehead atoms. The molecule has 0 aliphatic carbocycles. The van der Waals surface area contributed by atoms with Gasteiger partial charge in [0, 0.05) is 11.1 Å². The third-order valence-corrected chi connectivity index (χ3v) is 3.29. The van der Waals surface area contributed by atoms with Gasteiger partial charge in [-0.3, -0.25) is 4.98 Å². The molecule has 1 aromatic carbocycles. The van der Waals surface area contributed by atoms with Crippen molar-refractivity contribution < 1.29 is 4.74 Å². The van der Waals surface area contributed by atoms with Crippen molar-refractivity contribution in [2.75, 3.05) is 7.05 Å². The molecule has 0 amide bonds.